The zero-order valence-corrected chi connectivity index (χ0v) is 11.0. The zero-order chi connectivity index (χ0) is 12.3. The second-order valence-electron chi connectivity index (χ2n) is 4.44. The van der Waals surface area contributed by atoms with E-state index in [4.69, 9.17) is 11.6 Å². The fourth-order valence-corrected chi connectivity index (χ4v) is 2.76. The van der Waals surface area contributed by atoms with Crippen molar-refractivity contribution in [2.45, 2.75) is 13.0 Å². The quantitative estimate of drug-likeness (QED) is 0.830. The fourth-order valence-electron chi connectivity index (χ4n) is 2.43. The molecule has 1 saturated heterocycles. The minimum atomic E-state index is 0.228. The molecule has 2 nitrogen and oxygen atoms in total. The molecule has 3 heteroatoms. The summed E-state index contributed by atoms with van der Waals surface area (Å²) >= 11 is 6.33. The number of hydrogen-bond acceptors (Lipinski definition) is 2. The molecule has 0 unspecified atom stereocenters. The molecule has 0 spiro atoms. The van der Waals surface area contributed by atoms with Crippen LogP contribution in [0.15, 0.2) is 30.9 Å². The standard InChI is InChI=1S/C14H19ClN2/c1-3-13(17-9-7-16-8-10-17)14-11(2)5-4-6-12(14)15/h3-6,13,16H,1,7-10H2,2H3/t13-/m1/s1. The van der Waals surface area contributed by atoms with Crippen molar-refractivity contribution in [2.75, 3.05) is 26.2 Å². The summed E-state index contributed by atoms with van der Waals surface area (Å²) in [5.41, 5.74) is 2.44. The lowest BCUT2D eigenvalue weighted by Crippen LogP contribution is -2.44. The summed E-state index contributed by atoms with van der Waals surface area (Å²) in [6, 6.07) is 6.30. The first-order valence-corrected chi connectivity index (χ1v) is 6.44. The average Bonchev–Trinajstić information content (AvgIpc) is 2.35. The van der Waals surface area contributed by atoms with Crippen LogP contribution in [0.4, 0.5) is 0 Å². The molecule has 0 aromatic heterocycles. The second kappa shape index (κ2) is 5.67. The molecule has 1 fully saturated rings. The number of aryl methyl sites for hydroxylation is 1. The summed E-state index contributed by atoms with van der Waals surface area (Å²) in [6.07, 6.45) is 2.00. The van der Waals surface area contributed by atoms with Crippen molar-refractivity contribution in [3.05, 3.63) is 47.0 Å². The van der Waals surface area contributed by atoms with Gasteiger partial charge in [-0.2, -0.15) is 0 Å². The monoisotopic (exact) mass is 250 g/mol. The molecule has 1 atom stereocenters. The van der Waals surface area contributed by atoms with E-state index in [1.54, 1.807) is 0 Å². The molecule has 17 heavy (non-hydrogen) atoms. The van der Waals surface area contributed by atoms with Crippen molar-refractivity contribution in [3.63, 3.8) is 0 Å². The highest BCUT2D eigenvalue weighted by Crippen LogP contribution is 2.31. The van der Waals surface area contributed by atoms with Gasteiger partial charge in [0.15, 0.2) is 0 Å². The Morgan fingerprint density at radius 1 is 1.41 bits per heavy atom. The number of benzene rings is 1. The fraction of sp³-hybridized carbons (Fsp3) is 0.429. The van der Waals surface area contributed by atoms with Gasteiger partial charge in [-0.1, -0.05) is 29.8 Å². The maximum absolute atomic E-state index is 6.33. The minimum Gasteiger partial charge on any atom is -0.314 e. The van der Waals surface area contributed by atoms with Gasteiger partial charge < -0.3 is 5.32 Å². The summed E-state index contributed by atoms with van der Waals surface area (Å²) in [4.78, 5) is 2.43. The third-order valence-corrected chi connectivity index (χ3v) is 3.66. The molecule has 1 N–H and O–H groups in total. The first-order valence-electron chi connectivity index (χ1n) is 6.06. The number of piperazine rings is 1. The normalized spacial score (nSPS) is 18.9. The lowest BCUT2D eigenvalue weighted by Gasteiger charge is -2.34. The van der Waals surface area contributed by atoms with Gasteiger partial charge in [0.2, 0.25) is 0 Å². The van der Waals surface area contributed by atoms with E-state index >= 15 is 0 Å². The number of hydrogen-bond donors (Lipinski definition) is 1. The largest absolute Gasteiger partial charge is 0.314 e. The third-order valence-electron chi connectivity index (χ3n) is 3.33. The van der Waals surface area contributed by atoms with Gasteiger partial charge in [-0.05, 0) is 24.1 Å². The van der Waals surface area contributed by atoms with Crippen LogP contribution in [-0.2, 0) is 0 Å². The molecule has 1 aromatic rings. The van der Waals surface area contributed by atoms with E-state index in [-0.39, 0.29) is 6.04 Å². The molecule has 0 aliphatic carbocycles. The molecule has 1 heterocycles. The van der Waals surface area contributed by atoms with Crippen molar-refractivity contribution in [3.8, 4) is 0 Å². The Balaban J connectivity index is 2.31. The number of nitrogens with one attached hydrogen (secondary N) is 1. The SMILES string of the molecule is C=C[C@H](c1c(C)cccc1Cl)N1CCNCC1. The van der Waals surface area contributed by atoms with Gasteiger partial charge >= 0.3 is 0 Å². The number of rotatable bonds is 3. The second-order valence-corrected chi connectivity index (χ2v) is 4.84. The van der Waals surface area contributed by atoms with Crippen LogP contribution in [-0.4, -0.2) is 31.1 Å². The summed E-state index contributed by atoms with van der Waals surface area (Å²) in [7, 11) is 0. The molecule has 0 bridgehead atoms. The van der Waals surface area contributed by atoms with Gasteiger partial charge in [0.05, 0.1) is 6.04 Å². The molecule has 0 amide bonds. The van der Waals surface area contributed by atoms with Gasteiger partial charge in [0.25, 0.3) is 0 Å². The van der Waals surface area contributed by atoms with Gasteiger partial charge in [0, 0.05) is 31.2 Å². The first kappa shape index (κ1) is 12.6. The van der Waals surface area contributed by atoms with Crippen molar-refractivity contribution >= 4 is 11.6 Å². The average molecular weight is 251 g/mol. The van der Waals surface area contributed by atoms with Crippen LogP contribution in [0.2, 0.25) is 5.02 Å². The minimum absolute atomic E-state index is 0.228. The smallest absolute Gasteiger partial charge is 0.0547 e. The first-order chi connectivity index (χ1) is 8.24. The molecule has 1 aliphatic heterocycles. The molecule has 1 aliphatic rings. The molecule has 1 aromatic carbocycles. The van der Waals surface area contributed by atoms with Crippen LogP contribution in [0, 0.1) is 6.92 Å². The zero-order valence-electron chi connectivity index (χ0n) is 10.2. The highest BCUT2D eigenvalue weighted by molar-refractivity contribution is 6.31. The Morgan fingerprint density at radius 2 is 2.12 bits per heavy atom. The highest BCUT2D eigenvalue weighted by atomic mass is 35.5. The molecule has 0 radical (unpaired) electrons. The molecule has 92 valence electrons. The maximum atomic E-state index is 6.33. The summed E-state index contributed by atoms with van der Waals surface area (Å²) in [6.45, 7) is 10.2. The Hall–Kier alpha value is -0.830. The topological polar surface area (TPSA) is 15.3 Å². The van der Waals surface area contributed by atoms with E-state index in [1.165, 1.54) is 11.1 Å². The van der Waals surface area contributed by atoms with Crippen LogP contribution < -0.4 is 5.32 Å². The molecule has 0 saturated carbocycles. The third kappa shape index (κ3) is 2.71. The summed E-state index contributed by atoms with van der Waals surface area (Å²) in [5, 5.41) is 4.21. The van der Waals surface area contributed by atoms with E-state index in [9.17, 15) is 0 Å². The van der Waals surface area contributed by atoms with Crippen LogP contribution in [0.3, 0.4) is 0 Å². The lowest BCUT2D eigenvalue weighted by atomic mass is 9.99. The van der Waals surface area contributed by atoms with Gasteiger partial charge in [-0.15, -0.1) is 6.58 Å². The Labute approximate surface area is 108 Å². The Kier molecular flexibility index (Phi) is 4.21. The van der Waals surface area contributed by atoms with Crippen LogP contribution in [0.5, 0.6) is 0 Å². The Bertz CT molecular complexity index is 377. The van der Waals surface area contributed by atoms with Crippen LogP contribution in [0.25, 0.3) is 0 Å². The van der Waals surface area contributed by atoms with Crippen molar-refractivity contribution in [1.29, 1.82) is 0 Å². The van der Waals surface area contributed by atoms with Crippen molar-refractivity contribution < 1.29 is 0 Å². The van der Waals surface area contributed by atoms with Crippen LogP contribution >= 0.6 is 11.6 Å². The summed E-state index contributed by atoms with van der Waals surface area (Å²) in [5.74, 6) is 0. The van der Waals surface area contributed by atoms with Gasteiger partial charge in [-0.3, -0.25) is 4.90 Å². The van der Waals surface area contributed by atoms with E-state index < -0.39 is 0 Å². The predicted octanol–water partition coefficient (Wildman–Crippen LogP) is 2.78. The van der Waals surface area contributed by atoms with E-state index in [0.29, 0.717) is 0 Å². The predicted molar refractivity (Wildman–Crippen MR) is 73.6 cm³/mol. The highest BCUT2D eigenvalue weighted by Gasteiger charge is 2.22. The van der Waals surface area contributed by atoms with Gasteiger partial charge in [0.1, 0.15) is 0 Å². The summed E-state index contributed by atoms with van der Waals surface area (Å²) < 4.78 is 0. The van der Waals surface area contributed by atoms with E-state index in [2.05, 4.69) is 29.8 Å². The van der Waals surface area contributed by atoms with E-state index in [0.717, 1.165) is 31.2 Å². The van der Waals surface area contributed by atoms with Crippen LogP contribution in [0.1, 0.15) is 17.2 Å². The van der Waals surface area contributed by atoms with E-state index in [1.807, 2.05) is 18.2 Å². The van der Waals surface area contributed by atoms with Crippen molar-refractivity contribution in [1.82, 2.24) is 10.2 Å². The Morgan fingerprint density at radius 3 is 2.71 bits per heavy atom. The number of nitrogens with zero attached hydrogens (tertiary/aromatic N) is 1. The molecular formula is C14H19ClN2. The molecule has 2 rings (SSSR count). The lowest BCUT2D eigenvalue weighted by molar-refractivity contribution is 0.203. The van der Waals surface area contributed by atoms with Gasteiger partial charge in [-0.25, -0.2) is 0 Å². The molecular weight excluding hydrogens is 232 g/mol. The number of halogens is 1. The van der Waals surface area contributed by atoms with Crippen molar-refractivity contribution in [2.24, 2.45) is 0 Å². The maximum Gasteiger partial charge on any atom is 0.0547 e.